The average Bonchev–Trinajstić information content (AvgIpc) is 0.789. The van der Waals surface area contributed by atoms with Crippen LogP contribution in [0.25, 0.3) is 0 Å². The van der Waals surface area contributed by atoms with Crippen LogP contribution >= 0.6 is 0 Å². The molecule has 19 heteroatoms. The molecule has 12 N–H and O–H groups in total. The van der Waals surface area contributed by atoms with Crippen molar-refractivity contribution in [2.45, 2.75) is 401 Å². The highest BCUT2D eigenvalue weighted by Gasteiger charge is 2.54. The van der Waals surface area contributed by atoms with Crippen molar-refractivity contribution in [1.29, 1.82) is 0 Å². The molecule has 0 saturated carbocycles. The van der Waals surface area contributed by atoms with E-state index in [-0.39, 0.29) is 18.9 Å². The SMILES string of the molecule is CC/C=C\C/C=C\C/C=C\C/C=C\C/C=C\CCCCCCCCCCCCCCCCCCCCCCCC(=O)NC(COC1OC(CO)C(OC2OC(CO)C(OC3OC(CO)C(O)C(O)C3O)C(O)C2O)C(O)C1O)C(O)/C=C/CC/C=C/CCCCCCCCCCCCCCC. The highest BCUT2D eigenvalue weighted by Crippen LogP contribution is 2.33. The number of carbonyl (C=O) groups excluding carboxylic acids is 1. The standard InChI is InChI=1S/C82H145NO18/c1-3-5-7-9-11-13-15-17-19-21-23-24-25-26-27-28-29-30-31-32-33-34-35-36-37-38-39-40-42-44-46-48-50-52-54-56-58-60-70(88)83-65(66(87)59-57-55-53-51-49-47-45-43-41-22-20-18-16-14-12-10-8-6-4-2)64-96-80-76(94)73(91)78(68(62-85)98-80)101-82-77(95)74(92)79(69(63-86)99-82)100-81-75(93)72(90)71(89)67(61-84)97-81/h5,7,11,13,17,19,23-24,26-27,49,51,57,59,65-69,71-82,84-87,89-95H,3-4,6,8-10,12,14-16,18,20-22,25,28-48,50,52-56,58,60-64H2,1-2H3,(H,83,88)/b7-5-,13-11-,19-17-,24-23-,27-26-,51-49+,59-57+. The highest BCUT2D eigenvalue weighted by atomic mass is 16.8. The van der Waals surface area contributed by atoms with Crippen molar-refractivity contribution in [1.82, 2.24) is 5.32 Å². The number of ether oxygens (including phenoxy) is 6. The van der Waals surface area contributed by atoms with Crippen molar-refractivity contribution in [3.05, 3.63) is 85.1 Å². The van der Waals surface area contributed by atoms with E-state index >= 15 is 0 Å². The lowest BCUT2D eigenvalue weighted by atomic mass is 9.96. The van der Waals surface area contributed by atoms with Crippen LogP contribution in [0.15, 0.2) is 85.1 Å². The largest absolute Gasteiger partial charge is 0.394 e. The second kappa shape index (κ2) is 62.1. The molecule has 1 amide bonds. The Labute approximate surface area is 610 Å². The van der Waals surface area contributed by atoms with Gasteiger partial charge >= 0.3 is 0 Å². The fourth-order valence-electron chi connectivity index (χ4n) is 13.2. The van der Waals surface area contributed by atoms with Crippen LogP contribution in [0.4, 0.5) is 0 Å². The Hall–Kier alpha value is -3.03. The predicted molar refractivity (Wildman–Crippen MR) is 401 cm³/mol. The lowest BCUT2D eigenvalue weighted by Gasteiger charge is -2.48. The van der Waals surface area contributed by atoms with E-state index in [0.29, 0.717) is 12.8 Å². The lowest BCUT2D eigenvalue weighted by Crippen LogP contribution is -2.66. The molecule has 586 valence electrons. The molecule has 3 heterocycles. The molecule has 0 bridgehead atoms. The van der Waals surface area contributed by atoms with E-state index < -0.39 is 124 Å². The first-order chi connectivity index (χ1) is 49.3. The quantitative estimate of drug-likeness (QED) is 0.0199. The minimum atomic E-state index is -1.98. The number of aliphatic hydroxyl groups excluding tert-OH is 11. The van der Waals surface area contributed by atoms with Gasteiger partial charge in [-0.05, 0) is 77.0 Å². The smallest absolute Gasteiger partial charge is 0.220 e. The summed E-state index contributed by atoms with van der Waals surface area (Å²) in [6.45, 7) is 1.63. The minimum Gasteiger partial charge on any atom is -0.394 e. The van der Waals surface area contributed by atoms with Crippen LogP contribution in [0, 0.1) is 0 Å². The zero-order valence-electron chi connectivity index (χ0n) is 62.6. The van der Waals surface area contributed by atoms with Crippen LogP contribution in [-0.2, 0) is 33.2 Å². The van der Waals surface area contributed by atoms with Crippen molar-refractivity contribution in [2.75, 3.05) is 26.4 Å². The Kier molecular flexibility index (Phi) is 56.6. The van der Waals surface area contributed by atoms with Crippen molar-refractivity contribution in [3.8, 4) is 0 Å². The van der Waals surface area contributed by atoms with Crippen molar-refractivity contribution in [2.24, 2.45) is 0 Å². The van der Waals surface area contributed by atoms with Crippen LogP contribution in [0.2, 0.25) is 0 Å². The molecule has 3 aliphatic rings. The molecule has 3 rings (SSSR count). The van der Waals surface area contributed by atoms with Gasteiger partial charge in [0, 0.05) is 6.42 Å². The molecule has 0 spiro atoms. The highest BCUT2D eigenvalue weighted by molar-refractivity contribution is 5.76. The van der Waals surface area contributed by atoms with E-state index in [1.165, 1.54) is 193 Å². The molecule has 0 aromatic rings. The number of unbranched alkanes of at least 4 members (excludes halogenated alkanes) is 35. The van der Waals surface area contributed by atoms with Gasteiger partial charge in [0.1, 0.15) is 73.2 Å². The Morgan fingerprint density at radius 3 is 1.11 bits per heavy atom. The Morgan fingerprint density at radius 2 is 0.693 bits per heavy atom. The Bertz CT molecular complexity index is 2150. The first kappa shape index (κ1) is 92.2. The molecule has 19 nitrogen and oxygen atoms in total. The van der Waals surface area contributed by atoms with Crippen LogP contribution < -0.4 is 5.32 Å². The molecule has 3 aliphatic heterocycles. The molecule has 0 aromatic carbocycles. The van der Waals surface area contributed by atoms with Gasteiger partial charge in [-0.2, -0.15) is 0 Å². The second-order valence-corrected chi connectivity index (χ2v) is 28.5. The average molecular weight is 1430 g/mol. The van der Waals surface area contributed by atoms with E-state index in [0.717, 1.165) is 70.6 Å². The summed E-state index contributed by atoms with van der Waals surface area (Å²) in [5.74, 6) is -0.283. The van der Waals surface area contributed by atoms with E-state index in [2.05, 4.69) is 92.1 Å². The maximum absolute atomic E-state index is 13.5. The number of aliphatic hydroxyl groups is 11. The van der Waals surface area contributed by atoms with Gasteiger partial charge in [-0.15, -0.1) is 0 Å². The van der Waals surface area contributed by atoms with Crippen molar-refractivity contribution in [3.63, 3.8) is 0 Å². The molecular formula is C82H145NO18. The lowest BCUT2D eigenvalue weighted by molar-refractivity contribution is -0.379. The molecule has 0 aliphatic carbocycles. The van der Waals surface area contributed by atoms with Gasteiger partial charge in [-0.3, -0.25) is 4.79 Å². The van der Waals surface area contributed by atoms with Crippen molar-refractivity contribution >= 4 is 5.91 Å². The van der Waals surface area contributed by atoms with Crippen molar-refractivity contribution < 1.29 is 89.4 Å². The fraction of sp³-hybridized carbons (Fsp3) is 0.817. The number of nitrogens with one attached hydrogen (secondary N) is 1. The van der Waals surface area contributed by atoms with Gasteiger partial charge in [-0.25, -0.2) is 0 Å². The number of hydrogen-bond acceptors (Lipinski definition) is 18. The first-order valence-electron chi connectivity index (χ1n) is 40.3. The summed E-state index contributed by atoms with van der Waals surface area (Å²) in [5, 5.41) is 121. The molecule has 17 atom stereocenters. The monoisotopic (exact) mass is 1430 g/mol. The normalized spacial score (nSPS) is 26.8. The topological polar surface area (TPSA) is 307 Å². The van der Waals surface area contributed by atoms with Gasteiger partial charge in [0.05, 0.1) is 38.6 Å². The van der Waals surface area contributed by atoms with Gasteiger partial charge in [0.2, 0.25) is 5.91 Å². The van der Waals surface area contributed by atoms with Crippen LogP contribution in [0.3, 0.4) is 0 Å². The van der Waals surface area contributed by atoms with E-state index in [1.807, 2.05) is 6.08 Å². The summed E-state index contributed by atoms with van der Waals surface area (Å²) in [5.41, 5.74) is 0. The van der Waals surface area contributed by atoms with Gasteiger partial charge in [-0.1, -0.05) is 298 Å². The molecule has 17 unspecified atom stereocenters. The number of amides is 1. The maximum atomic E-state index is 13.5. The molecule has 3 saturated heterocycles. The third-order valence-corrected chi connectivity index (χ3v) is 19.7. The van der Waals surface area contributed by atoms with Gasteiger partial charge in [0.15, 0.2) is 18.9 Å². The Balaban J connectivity index is 1.33. The van der Waals surface area contributed by atoms with Crippen LogP contribution in [0.5, 0.6) is 0 Å². The summed E-state index contributed by atoms with van der Waals surface area (Å²) in [6.07, 6.45) is 55.8. The number of allylic oxidation sites excluding steroid dienone is 13. The molecular weight excluding hydrogens is 1290 g/mol. The second-order valence-electron chi connectivity index (χ2n) is 28.5. The molecule has 0 aromatic heterocycles. The summed E-state index contributed by atoms with van der Waals surface area (Å²) >= 11 is 0. The predicted octanol–water partition coefficient (Wildman–Crippen LogP) is 13.4. The van der Waals surface area contributed by atoms with Gasteiger partial charge in [0.25, 0.3) is 0 Å². The van der Waals surface area contributed by atoms with Gasteiger partial charge < -0.3 is 89.9 Å². The van der Waals surface area contributed by atoms with E-state index in [4.69, 9.17) is 28.4 Å². The summed E-state index contributed by atoms with van der Waals surface area (Å²) in [4.78, 5) is 13.5. The molecule has 101 heavy (non-hydrogen) atoms. The zero-order valence-corrected chi connectivity index (χ0v) is 62.6. The first-order valence-corrected chi connectivity index (χ1v) is 40.3. The molecule has 0 radical (unpaired) electrons. The van der Waals surface area contributed by atoms with Crippen LogP contribution in [-0.4, -0.2) is 193 Å². The number of rotatable bonds is 63. The third kappa shape index (κ3) is 42.2. The summed E-state index contributed by atoms with van der Waals surface area (Å²) in [7, 11) is 0. The number of carbonyl (C=O) groups is 1. The summed E-state index contributed by atoms with van der Waals surface area (Å²) in [6, 6.07) is -0.993. The van der Waals surface area contributed by atoms with E-state index in [1.54, 1.807) is 6.08 Å². The minimum absolute atomic E-state index is 0.235. The third-order valence-electron chi connectivity index (χ3n) is 19.7. The Morgan fingerprint density at radius 1 is 0.366 bits per heavy atom. The zero-order chi connectivity index (χ0) is 73.2. The summed E-state index contributed by atoms with van der Waals surface area (Å²) < 4.78 is 34.4. The maximum Gasteiger partial charge on any atom is 0.220 e. The van der Waals surface area contributed by atoms with Crippen LogP contribution in [0.1, 0.15) is 296 Å². The molecule has 3 fully saturated rings. The number of hydrogen-bond donors (Lipinski definition) is 12. The fourth-order valence-corrected chi connectivity index (χ4v) is 13.2. The van der Waals surface area contributed by atoms with E-state index in [9.17, 15) is 61.0 Å².